The van der Waals surface area contributed by atoms with Crippen molar-refractivity contribution in [1.29, 1.82) is 0 Å². The Hall–Kier alpha value is -0.650. The molecule has 3 aliphatic heterocycles. The Bertz CT molecular complexity index is 425. The highest BCUT2D eigenvalue weighted by Crippen LogP contribution is 2.43. The van der Waals surface area contributed by atoms with E-state index in [1.165, 1.54) is 32.4 Å². The summed E-state index contributed by atoms with van der Waals surface area (Å²) in [5.74, 6) is 1.09. The molecule has 3 saturated heterocycles. The second-order valence-electron chi connectivity index (χ2n) is 7.72. The molecule has 1 spiro atoms. The van der Waals surface area contributed by atoms with E-state index in [4.69, 9.17) is 9.47 Å². The van der Waals surface area contributed by atoms with Gasteiger partial charge in [-0.15, -0.1) is 0 Å². The fourth-order valence-electron chi connectivity index (χ4n) is 5.35. The fourth-order valence-corrected chi connectivity index (χ4v) is 5.35. The highest BCUT2D eigenvalue weighted by molar-refractivity contribution is 5.80. The van der Waals surface area contributed by atoms with Crippen molar-refractivity contribution in [2.75, 3.05) is 46.6 Å². The van der Waals surface area contributed by atoms with E-state index < -0.39 is 0 Å². The number of ether oxygens (including phenoxy) is 2. The van der Waals surface area contributed by atoms with Crippen molar-refractivity contribution in [2.24, 2.45) is 5.92 Å². The molecule has 3 aliphatic rings. The Morgan fingerprint density at radius 3 is 2.79 bits per heavy atom. The lowest BCUT2D eigenvalue weighted by atomic mass is 9.77. The number of piperidine rings is 1. The lowest BCUT2D eigenvalue weighted by Crippen LogP contribution is -2.64. The number of methoxy groups -OCH3 is 1. The van der Waals surface area contributed by atoms with E-state index in [9.17, 15) is 4.79 Å². The number of nitrogens with zero attached hydrogens (tertiary/aromatic N) is 2. The van der Waals surface area contributed by atoms with Crippen LogP contribution in [0.4, 0.5) is 0 Å². The number of amides is 1. The zero-order valence-electron chi connectivity index (χ0n) is 15.5. The van der Waals surface area contributed by atoms with Gasteiger partial charge in [-0.1, -0.05) is 6.92 Å². The van der Waals surface area contributed by atoms with E-state index in [1.807, 2.05) is 0 Å². The minimum Gasteiger partial charge on any atom is -0.383 e. The van der Waals surface area contributed by atoms with Crippen LogP contribution in [0.1, 0.15) is 51.9 Å². The molecular formula is C19H34N2O3. The average Bonchev–Trinajstić information content (AvgIpc) is 2.90. The van der Waals surface area contributed by atoms with E-state index in [2.05, 4.69) is 16.7 Å². The van der Waals surface area contributed by atoms with Crippen LogP contribution in [0.5, 0.6) is 0 Å². The quantitative estimate of drug-likeness (QED) is 0.745. The van der Waals surface area contributed by atoms with Crippen LogP contribution in [0.25, 0.3) is 0 Å². The van der Waals surface area contributed by atoms with Crippen molar-refractivity contribution in [3.63, 3.8) is 0 Å². The molecule has 2 atom stereocenters. The van der Waals surface area contributed by atoms with Gasteiger partial charge in [0.2, 0.25) is 5.91 Å². The number of likely N-dealkylation sites (tertiary alicyclic amines) is 2. The van der Waals surface area contributed by atoms with Gasteiger partial charge in [-0.05, 0) is 51.0 Å². The van der Waals surface area contributed by atoms with Crippen LogP contribution >= 0.6 is 0 Å². The Morgan fingerprint density at radius 1 is 1.29 bits per heavy atom. The molecule has 3 heterocycles. The molecule has 0 aromatic rings. The van der Waals surface area contributed by atoms with Crippen LogP contribution in [0, 0.1) is 5.92 Å². The summed E-state index contributed by atoms with van der Waals surface area (Å²) in [5.41, 5.74) is 0.0494. The predicted molar refractivity (Wildman–Crippen MR) is 94.0 cm³/mol. The second kappa shape index (κ2) is 8.15. The summed E-state index contributed by atoms with van der Waals surface area (Å²) in [6.45, 7) is 7.88. The fraction of sp³-hybridized carbons (Fsp3) is 0.947. The SMILES string of the molecule is CC[C@@H]1N(CC2CCOCC2)CCC[C@]12CCC(=O)N2CCOC. The van der Waals surface area contributed by atoms with Crippen molar-refractivity contribution in [3.8, 4) is 0 Å². The van der Waals surface area contributed by atoms with Crippen LogP contribution in [-0.2, 0) is 14.3 Å². The summed E-state index contributed by atoms with van der Waals surface area (Å²) < 4.78 is 10.8. The van der Waals surface area contributed by atoms with Gasteiger partial charge in [0.05, 0.1) is 12.1 Å². The molecule has 3 fully saturated rings. The van der Waals surface area contributed by atoms with E-state index in [0.717, 1.165) is 44.9 Å². The van der Waals surface area contributed by atoms with E-state index in [-0.39, 0.29) is 5.54 Å². The number of carbonyl (C=O) groups excluding carboxylic acids is 1. The molecule has 0 aromatic carbocycles. The zero-order chi connectivity index (χ0) is 17.0. The molecule has 0 aliphatic carbocycles. The Balaban J connectivity index is 1.74. The third-order valence-corrected chi connectivity index (χ3v) is 6.47. The number of hydrogen-bond acceptors (Lipinski definition) is 4. The largest absolute Gasteiger partial charge is 0.383 e. The van der Waals surface area contributed by atoms with Gasteiger partial charge in [0.25, 0.3) is 0 Å². The molecule has 138 valence electrons. The van der Waals surface area contributed by atoms with Gasteiger partial charge in [0.15, 0.2) is 0 Å². The number of carbonyl (C=O) groups is 1. The zero-order valence-corrected chi connectivity index (χ0v) is 15.5. The third-order valence-electron chi connectivity index (χ3n) is 6.47. The maximum atomic E-state index is 12.5. The van der Waals surface area contributed by atoms with E-state index in [1.54, 1.807) is 7.11 Å². The highest BCUT2D eigenvalue weighted by Gasteiger charge is 2.52. The standard InChI is InChI=1S/C19H34N2O3/c1-3-17-19(9-5-18(22)21(19)11-14-23-2)8-4-10-20(17)15-16-6-12-24-13-7-16/h16-17H,3-15H2,1-2H3/t17-,19-/m0/s1. The molecule has 0 aromatic heterocycles. The molecule has 0 radical (unpaired) electrons. The first-order valence-corrected chi connectivity index (χ1v) is 9.82. The molecular weight excluding hydrogens is 304 g/mol. The minimum absolute atomic E-state index is 0.0494. The first-order valence-electron chi connectivity index (χ1n) is 9.82. The van der Waals surface area contributed by atoms with Crippen LogP contribution in [0.3, 0.4) is 0 Å². The van der Waals surface area contributed by atoms with Gasteiger partial charge >= 0.3 is 0 Å². The molecule has 0 bridgehead atoms. The van der Waals surface area contributed by atoms with E-state index >= 15 is 0 Å². The molecule has 5 nitrogen and oxygen atoms in total. The Morgan fingerprint density at radius 2 is 2.08 bits per heavy atom. The van der Waals surface area contributed by atoms with Crippen molar-refractivity contribution < 1.29 is 14.3 Å². The van der Waals surface area contributed by atoms with Gasteiger partial charge in [0, 0.05) is 45.9 Å². The van der Waals surface area contributed by atoms with Gasteiger partial charge < -0.3 is 14.4 Å². The predicted octanol–water partition coefficient (Wildman–Crippen LogP) is 2.29. The summed E-state index contributed by atoms with van der Waals surface area (Å²) in [4.78, 5) is 17.4. The van der Waals surface area contributed by atoms with Crippen molar-refractivity contribution in [2.45, 2.75) is 63.5 Å². The van der Waals surface area contributed by atoms with Crippen LogP contribution in [-0.4, -0.2) is 73.9 Å². The second-order valence-corrected chi connectivity index (χ2v) is 7.72. The molecule has 1 amide bonds. The van der Waals surface area contributed by atoms with Crippen molar-refractivity contribution in [1.82, 2.24) is 9.80 Å². The Labute approximate surface area is 146 Å². The lowest BCUT2D eigenvalue weighted by molar-refractivity contribution is -0.136. The maximum absolute atomic E-state index is 12.5. The van der Waals surface area contributed by atoms with Gasteiger partial charge in [-0.3, -0.25) is 9.69 Å². The summed E-state index contributed by atoms with van der Waals surface area (Å²) in [6.07, 6.45) is 7.60. The molecule has 0 N–H and O–H groups in total. The summed E-state index contributed by atoms with van der Waals surface area (Å²) in [5, 5.41) is 0. The monoisotopic (exact) mass is 338 g/mol. The first-order chi connectivity index (χ1) is 11.7. The molecule has 0 unspecified atom stereocenters. The van der Waals surface area contributed by atoms with Crippen LogP contribution < -0.4 is 0 Å². The van der Waals surface area contributed by atoms with Gasteiger partial charge in [-0.25, -0.2) is 0 Å². The molecule has 24 heavy (non-hydrogen) atoms. The van der Waals surface area contributed by atoms with Crippen LogP contribution in [0.15, 0.2) is 0 Å². The molecule has 5 heteroatoms. The smallest absolute Gasteiger partial charge is 0.223 e. The highest BCUT2D eigenvalue weighted by atomic mass is 16.5. The van der Waals surface area contributed by atoms with Crippen molar-refractivity contribution in [3.05, 3.63) is 0 Å². The first kappa shape index (κ1) is 18.2. The van der Waals surface area contributed by atoms with E-state index in [0.29, 0.717) is 25.0 Å². The lowest BCUT2D eigenvalue weighted by Gasteiger charge is -2.53. The topological polar surface area (TPSA) is 42.0 Å². The maximum Gasteiger partial charge on any atom is 0.223 e. The normalized spacial score (nSPS) is 32.8. The molecule has 0 saturated carbocycles. The average molecular weight is 338 g/mol. The number of rotatable bonds is 6. The number of hydrogen-bond donors (Lipinski definition) is 0. The van der Waals surface area contributed by atoms with Crippen molar-refractivity contribution >= 4 is 5.91 Å². The van der Waals surface area contributed by atoms with Crippen LogP contribution in [0.2, 0.25) is 0 Å². The van der Waals surface area contributed by atoms with Gasteiger partial charge in [-0.2, -0.15) is 0 Å². The molecule has 3 rings (SSSR count). The summed E-state index contributed by atoms with van der Waals surface area (Å²) in [7, 11) is 1.73. The summed E-state index contributed by atoms with van der Waals surface area (Å²) in [6, 6.07) is 0.498. The Kier molecular flexibility index (Phi) is 6.17. The summed E-state index contributed by atoms with van der Waals surface area (Å²) >= 11 is 0. The van der Waals surface area contributed by atoms with Gasteiger partial charge in [0.1, 0.15) is 0 Å². The third kappa shape index (κ3) is 3.49. The minimum atomic E-state index is 0.0494.